The molecule has 1 unspecified atom stereocenters. The number of aromatic carboxylic acids is 1. The Balaban J connectivity index is 1.90. The van der Waals surface area contributed by atoms with Crippen molar-refractivity contribution < 1.29 is 27.9 Å². The van der Waals surface area contributed by atoms with Gasteiger partial charge in [-0.15, -0.1) is 0 Å². The second kappa shape index (κ2) is 7.53. The summed E-state index contributed by atoms with van der Waals surface area (Å²) >= 11 is 0. The van der Waals surface area contributed by atoms with Crippen LogP contribution >= 0.6 is 0 Å². The summed E-state index contributed by atoms with van der Waals surface area (Å²) < 4.78 is 31.5. The first-order valence-corrected chi connectivity index (χ1v) is 8.57. The Morgan fingerprint density at radius 2 is 1.96 bits per heavy atom. The highest BCUT2D eigenvalue weighted by molar-refractivity contribution is 7.89. The lowest BCUT2D eigenvalue weighted by molar-refractivity contribution is -0.121. The monoisotopic (exact) mass is 342 g/mol. The molecule has 0 radical (unpaired) electrons. The van der Waals surface area contributed by atoms with Crippen LogP contribution in [0.15, 0.2) is 29.2 Å². The normalized spacial score (nSPS) is 18.3. The fourth-order valence-electron chi connectivity index (χ4n) is 2.15. The Labute approximate surface area is 133 Å². The number of rotatable bonds is 6. The minimum absolute atomic E-state index is 0.0148. The number of hydrogen-bond acceptors (Lipinski definition) is 5. The maximum absolute atomic E-state index is 12.0. The van der Waals surface area contributed by atoms with E-state index in [0.717, 1.165) is 12.8 Å². The zero-order valence-corrected chi connectivity index (χ0v) is 13.1. The number of carbonyl (C=O) groups is 2. The van der Waals surface area contributed by atoms with Crippen LogP contribution in [0.2, 0.25) is 0 Å². The molecule has 0 spiro atoms. The van der Waals surface area contributed by atoms with Crippen LogP contribution < -0.4 is 10.0 Å². The van der Waals surface area contributed by atoms with Gasteiger partial charge < -0.3 is 15.2 Å². The van der Waals surface area contributed by atoms with Crippen molar-refractivity contribution in [3.63, 3.8) is 0 Å². The van der Waals surface area contributed by atoms with E-state index in [9.17, 15) is 18.0 Å². The Morgan fingerprint density at radius 1 is 1.26 bits per heavy atom. The quantitative estimate of drug-likeness (QED) is 0.667. The molecule has 0 bridgehead atoms. The molecule has 0 aromatic heterocycles. The van der Waals surface area contributed by atoms with Gasteiger partial charge >= 0.3 is 5.97 Å². The minimum atomic E-state index is -3.87. The average molecular weight is 342 g/mol. The van der Waals surface area contributed by atoms with Gasteiger partial charge in [-0.05, 0) is 37.1 Å². The highest BCUT2D eigenvalue weighted by atomic mass is 32.2. The predicted octanol–water partition coefficient (Wildman–Crippen LogP) is -0.0417. The summed E-state index contributed by atoms with van der Waals surface area (Å²) in [7, 11) is -3.87. The van der Waals surface area contributed by atoms with Gasteiger partial charge in [-0.3, -0.25) is 4.79 Å². The van der Waals surface area contributed by atoms with E-state index in [1.54, 1.807) is 0 Å². The van der Waals surface area contributed by atoms with Crippen molar-refractivity contribution in [3.8, 4) is 0 Å². The summed E-state index contributed by atoms with van der Waals surface area (Å²) in [5, 5.41) is 11.5. The first kappa shape index (κ1) is 17.4. The Morgan fingerprint density at radius 3 is 2.52 bits per heavy atom. The van der Waals surface area contributed by atoms with Crippen LogP contribution in [0.4, 0.5) is 0 Å². The highest BCUT2D eigenvalue weighted by Crippen LogP contribution is 2.10. The van der Waals surface area contributed by atoms with Crippen molar-refractivity contribution in [1.82, 2.24) is 10.0 Å². The van der Waals surface area contributed by atoms with Gasteiger partial charge in [0, 0.05) is 6.61 Å². The average Bonchev–Trinajstić information content (AvgIpc) is 2.54. The molecule has 1 aliphatic heterocycles. The molecule has 1 fully saturated rings. The van der Waals surface area contributed by atoms with Crippen LogP contribution in [0.1, 0.15) is 23.2 Å². The molecule has 2 rings (SSSR count). The standard InChI is InChI=1S/C14H18N2O6S/c17-13(16-11-2-1-7-22-9-11)8-15-23(20,21)12-5-3-10(4-6-12)14(18)19/h3-6,11,15H,1-2,7-9H2,(H,16,17)(H,18,19). The molecule has 1 atom stereocenters. The van der Waals surface area contributed by atoms with E-state index in [0.29, 0.717) is 13.2 Å². The van der Waals surface area contributed by atoms with Gasteiger partial charge in [0.25, 0.3) is 0 Å². The lowest BCUT2D eigenvalue weighted by atomic mass is 10.1. The van der Waals surface area contributed by atoms with E-state index >= 15 is 0 Å². The number of benzene rings is 1. The Kier molecular flexibility index (Phi) is 5.69. The highest BCUT2D eigenvalue weighted by Gasteiger charge is 2.19. The topological polar surface area (TPSA) is 122 Å². The molecule has 126 valence electrons. The molecule has 1 heterocycles. The van der Waals surface area contributed by atoms with Crippen LogP contribution in [-0.2, 0) is 19.6 Å². The molecule has 1 aromatic rings. The molecule has 8 nitrogen and oxygen atoms in total. The van der Waals surface area contributed by atoms with E-state index in [1.165, 1.54) is 24.3 Å². The van der Waals surface area contributed by atoms with Crippen molar-refractivity contribution in [2.24, 2.45) is 0 Å². The maximum atomic E-state index is 12.0. The number of hydrogen-bond donors (Lipinski definition) is 3. The molecule has 3 N–H and O–H groups in total. The lowest BCUT2D eigenvalue weighted by Gasteiger charge is -2.23. The van der Waals surface area contributed by atoms with Gasteiger partial charge in [-0.25, -0.2) is 17.9 Å². The summed E-state index contributed by atoms with van der Waals surface area (Å²) in [4.78, 5) is 22.4. The van der Waals surface area contributed by atoms with Crippen LogP contribution in [0.3, 0.4) is 0 Å². The Bertz CT molecular complexity index is 665. The first-order valence-electron chi connectivity index (χ1n) is 7.08. The third kappa shape index (κ3) is 5.02. The zero-order chi connectivity index (χ0) is 16.9. The van der Waals surface area contributed by atoms with Crippen molar-refractivity contribution in [2.45, 2.75) is 23.8 Å². The van der Waals surface area contributed by atoms with Crippen molar-refractivity contribution >= 4 is 21.9 Å². The van der Waals surface area contributed by atoms with Gasteiger partial charge in [0.15, 0.2) is 0 Å². The number of carboxylic acids is 1. The summed E-state index contributed by atoms with van der Waals surface area (Å²) in [5.41, 5.74) is -0.0148. The van der Waals surface area contributed by atoms with Crippen molar-refractivity contribution in [1.29, 1.82) is 0 Å². The zero-order valence-electron chi connectivity index (χ0n) is 12.3. The van der Waals surface area contributed by atoms with Crippen LogP contribution in [0, 0.1) is 0 Å². The number of carboxylic acid groups (broad SMARTS) is 1. The fraction of sp³-hybridized carbons (Fsp3) is 0.429. The van der Waals surface area contributed by atoms with Gasteiger partial charge in [0.2, 0.25) is 15.9 Å². The maximum Gasteiger partial charge on any atom is 0.335 e. The Hall–Kier alpha value is -1.97. The number of ether oxygens (including phenoxy) is 1. The van der Waals surface area contributed by atoms with E-state index in [2.05, 4.69) is 10.0 Å². The number of amides is 1. The molecule has 0 saturated carbocycles. The van der Waals surface area contributed by atoms with Crippen molar-refractivity contribution in [3.05, 3.63) is 29.8 Å². The molecule has 0 aliphatic carbocycles. The van der Waals surface area contributed by atoms with Crippen molar-refractivity contribution in [2.75, 3.05) is 19.8 Å². The van der Waals surface area contributed by atoms with Gasteiger partial charge in [0.1, 0.15) is 0 Å². The number of carbonyl (C=O) groups excluding carboxylic acids is 1. The molecule has 1 aliphatic rings. The molecule has 1 aromatic carbocycles. The van der Waals surface area contributed by atoms with Gasteiger partial charge in [-0.2, -0.15) is 0 Å². The SMILES string of the molecule is O=C(CNS(=O)(=O)c1ccc(C(=O)O)cc1)NC1CCCOC1. The van der Waals surface area contributed by atoms with E-state index in [1.807, 2.05) is 0 Å². The van der Waals surface area contributed by atoms with Gasteiger partial charge in [-0.1, -0.05) is 0 Å². The third-order valence-corrected chi connectivity index (χ3v) is 4.78. The minimum Gasteiger partial charge on any atom is -0.478 e. The fourth-order valence-corrected chi connectivity index (χ4v) is 3.14. The lowest BCUT2D eigenvalue weighted by Crippen LogP contribution is -2.45. The third-order valence-electron chi connectivity index (χ3n) is 3.36. The molecule has 9 heteroatoms. The second-order valence-electron chi connectivity index (χ2n) is 5.14. The summed E-state index contributed by atoms with van der Waals surface area (Å²) in [6.07, 6.45) is 1.65. The van der Waals surface area contributed by atoms with E-state index in [4.69, 9.17) is 9.84 Å². The summed E-state index contributed by atoms with van der Waals surface area (Å²) in [5.74, 6) is -1.58. The largest absolute Gasteiger partial charge is 0.478 e. The molecular weight excluding hydrogens is 324 g/mol. The van der Waals surface area contributed by atoms with Crippen LogP contribution in [-0.4, -0.2) is 51.2 Å². The second-order valence-corrected chi connectivity index (χ2v) is 6.90. The number of nitrogens with one attached hydrogen (secondary N) is 2. The van der Waals surface area contributed by atoms with Gasteiger partial charge in [0.05, 0.1) is 29.7 Å². The first-order chi connectivity index (χ1) is 10.9. The number of sulfonamides is 1. The molecule has 1 saturated heterocycles. The molecular formula is C14H18N2O6S. The summed E-state index contributed by atoms with van der Waals surface area (Å²) in [6.45, 7) is 0.708. The summed E-state index contributed by atoms with van der Waals surface area (Å²) in [6, 6.07) is 4.64. The van der Waals surface area contributed by atoms with E-state index in [-0.39, 0.29) is 23.0 Å². The molecule has 23 heavy (non-hydrogen) atoms. The van der Waals surface area contributed by atoms with E-state index < -0.39 is 21.9 Å². The smallest absolute Gasteiger partial charge is 0.335 e. The predicted molar refractivity (Wildman–Crippen MR) is 80.6 cm³/mol. The molecule has 1 amide bonds. The van der Waals surface area contributed by atoms with Crippen LogP contribution in [0.25, 0.3) is 0 Å². The van der Waals surface area contributed by atoms with Crippen LogP contribution in [0.5, 0.6) is 0 Å².